The summed E-state index contributed by atoms with van der Waals surface area (Å²) >= 11 is 0. The maximum atomic E-state index is 12.7. The summed E-state index contributed by atoms with van der Waals surface area (Å²) in [4.78, 5) is 26.9. The number of nitrogens with zero attached hydrogens (tertiary/aromatic N) is 2. The van der Waals surface area contributed by atoms with Crippen molar-refractivity contribution >= 4 is 18.0 Å². The normalized spacial score (nSPS) is 10.4. The van der Waals surface area contributed by atoms with Gasteiger partial charge in [-0.15, -0.1) is 0 Å². The van der Waals surface area contributed by atoms with Gasteiger partial charge in [-0.2, -0.15) is 5.10 Å². The third-order valence-electron chi connectivity index (χ3n) is 2.63. The lowest BCUT2D eigenvalue weighted by Crippen LogP contribution is -2.37. The Morgan fingerprint density at radius 3 is 2.64 bits per heavy atom. The highest BCUT2D eigenvalue weighted by atomic mass is 19.1. The number of hydrogen-bond donors (Lipinski definition) is 2. The molecule has 6 nitrogen and oxygen atoms in total. The lowest BCUT2D eigenvalue weighted by atomic mass is 10.2. The van der Waals surface area contributed by atoms with Gasteiger partial charge >= 0.3 is 11.8 Å². The summed E-state index contributed by atoms with van der Waals surface area (Å²) in [6, 6.07) is 9.03. The van der Waals surface area contributed by atoms with E-state index in [4.69, 9.17) is 0 Å². The Bertz CT molecular complexity index is 672. The molecule has 0 aliphatic heterocycles. The Labute approximate surface area is 126 Å². The molecule has 0 radical (unpaired) electrons. The van der Waals surface area contributed by atoms with Crippen molar-refractivity contribution in [3.8, 4) is 0 Å². The highest BCUT2D eigenvalue weighted by molar-refractivity contribution is 6.35. The minimum atomic E-state index is -0.887. The molecule has 0 atom stereocenters. The van der Waals surface area contributed by atoms with Gasteiger partial charge in [0.1, 0.15) is 5.82 Å². The number of halogens is 1. The van der Waals surface area contributed by atoms with Crippen molar-refractivity contribution in [3.63, 3.8) is 0 Å². The monoisotopic (exact) mass is 300 g/mol. The van der Waals surface area contributed by atoms with Gasteiger partial charge in [0, 0.05) is 18.9 Å². The first-order valence-corrected chi connectivity index (χ1v) is 6.41. The molecule has 0 spiro atoms. The molecule has 0 aliphatic carbocycles. The molecular weight excluding hydrogens is 287 g/mol. The Hall–Kier alpha value is -3.09. The number of rotatable bonds is 4. The van der Waals surface area contributed by atoms with Crippen LogP contribution in [0, 0.1) is 5.82 Å². The van der Waals surface area contributed by atoms with Crippen LogP contribution in [0.2, 0.25) is 0 Å². The molecule has 0 bridgehead atoms. The molecule has 0 unspecified atom stereocenters. The molecule has 0 fully saturated rings. The van der Waals surface area contributed by atoms with Gasteiger partial charge < -0.3 is 5.32 Å². The van der Waals surface area contributed by atoms with Gasteiger partial charge in [-0.3, -0.25) is 14.6 Å². The topological polar surface area (TPSA) is 83.5 Å². The predicted octanol–water partition coefficient (Wildman–Crippen LogP) is 0.987. The number of hydrogen-bond acceptors (Lipinski definition) is 4. The molecule has 0 saturated heterocycles. The van der Waals surface area contributed by atoms with Crippen molar-refractivity contribution in [1.82, 2.24) is 15.7 Å². The van der Waals surface area contributed by atoms with Crippen LogP contribution in [0.15, 0.2) is 53.9 Å². The second-order valence-corrected chi connectivity index (χ2v) is 4.29. The van der Waals surface area contributed by atoms with E-state index >= 15 is 0 Å². The highest BCUT2D eigenvalue weighted by Gasteiger charge is 2.11. The van der Waals surface area contributed by atoms with Gasteiger partial charge in [0.2, 0.25) is 0 Å². The van der Waals surface area contributed by atoms with Crippen LogP contribution >= 0.6 is 0 Å². The van der Waals surface area contributed by atoms with E-state index in [9.17, 15) is 14.0 Å². The van der Waals surface area contributed by atoms with Crippen molar-refractivity contribution in [2.75, 3.05) is 0 Å². The molecule has 0 aliphatic rings. The zero-order chi connectivity index (χ0) is 15.8. The maximum Gasteiger partial charge on any atom is 0.329 e. The maximum absolute atomic E-state index is 12.7. The van der Waals surface area contributed by atoms with Gasteiger partial charge in [0.05, 0.1) is 6.21 Å². The SMILES string of the molecule is O=C(NCc1cccnc1)C(=O)N/N=C\c1ccc(F)cc1. The number of carbonyl (C=O) groups is 2. The van der Waals surface area contributed by atoms with Gasteiger partial charge in [-0.1, -0.05) is 18.2 Å². The first-order valence-electron chi connectivity index (χ1n) is 6.41. The van der Waals surface area contributed by atoms with Crippen molar-refractivity contribution in [3.05, 3.63) is 65.7 Å². The van der Waals surface area contributed by atoms with E-state index in [1.165, 1.54) is 30.5 Å². The van der Waals surface area contributed by atoms with Gasteiger partial charge in [0.25, 0.3) is 0 Å². The Balaban J connectivity index is 1.79. The molecule has 1 aromatic heterocycles. The van der Waals surface area contributed by atoms with Gasteiger partial charge in [0.15, 0.2) is 0 Å². The summed E-state index contributed by atoms with van der Waals surface area (Å²) in [6.45, 7) is 0.196. The van der Waals surface area contributed by atoms with Crippen LogP contribution in [0.25, 0.3) is 0 Å². The van der Waals surface area contributed by atoms with Crippen LogP contribution in [0.1, 0.15) is 11.1 Å². The van der Waals surface area contributed by atoms with Crippen molar-refractivity contribution in [2.24, 2.45) is 5.10 Å². The number of benzene rings is 1. The molecule has 1 aromatic carbocycles. The standard InChI is InChI=1S/C15H13FN4O2/c16-13-5-3-11(4-6-13)10-19-20-15(22)14(21)18-9-12-2-1-7-17-8-12/h1-8,10H,9H2,(H,18,21)(H,20,22)/b19-10-. The molecule has 0 saturated carbocycles. The predicted molar refractivity (Wildman–Crippen MR) is 78.2 cm³/mol. The minimum absolute atomic E-state index is 0.196. The van der Waals surface area contributed by atoms with Gasteiger partial charge in [-0.05, 0) is 29.3 Å². The van der Waals surface area contributed by atoms with E-state index in [-0.39, 0.29) is 12.4 Å². The summed E-state index contributed by atoms with van der Waals surface area (Å²) < 4.78 is 12.7. The highest BCUT2D eigenvalue weighted by Crippen LogP contribution is 1.99. The van der Waals surface area contributed by atoms with E-state index in [1.807, 2.05) is 0 Å². The quantitative estimate of drug-likeness (QED) is 0.502. The molecule has 112 valence electrons. The fourth-order valence-electron chi connectivity index (χ4n) is 1.53. The molecular formula is C15H13FN4O2. The zero-order valence-electron chi connectivity index (χ0n) is 11.5. The first kappa shape index (κ1) is 15.3. The lowest BCUT2D eigenvalue weighted by molar-refractivity contribution is -0.139. The summed E-state index contributed by atoms with van der Waals surface area (Å²) in [7, 11) is 0. The van der Waals surface area contributed by atoms with E-state index < -0.39 is 11.8 Å². The fourth-order valence-corrected chi connectivity index (χ4v) is 1.53. The number of carbonyl (C=O) groups excluding carboxylic acids is 2. The van der Waals surface area contributed by atoms with Crippen molar-refractivity contribution in [1.29, 1.82) is 0 Å². The second-order valence-electron chi connectivity index (χ2n) is 4.29. The summed E-state index contributed by atoms with van der Waals surface area (Å²) in [6.07, 6.45) is 4.51. The van der Waals surface area contributed by atoms with Gasteiger partial charge in [-0.25, -0.2) is 9.82 Å². The number of pyridine rings is 1. The molecule has 2 N–H and O–H groups in total. The number of aromatic nitrogens is 1. The summed E-state index contributed by atoms with van der Waals surface area (Å²) in [5, 5.41) is 6.07. The Morgan fingerprint density at radius 1 is 1.18 bits per heavy atom. The average molecular weight is 300 g/mol. The third kappa shape index (κ3) is 4.78. The van der Waals surface area contributed by atoms with E-state index in [2.05, 4.69) is 20.8 Å². The number of amides is 2. The lowest BCUT2D eigenvalue weighted by Gasteiger charge is -2.03. The van der Waals surface area contributed by atoms with E-state index in [0.717, 1.165) is 5.56 Å². The molecule has 2 aromatic rings. The third-order valence-corrected chi connectivity index (χ3v) is 2.63. The summed E-state index contributed by atoms with van der Waals surface area (Å²) in [5.41, 5.74) is 3.46. The fraction of sp³-hybridized carbons (Fsp3) is 0.0667. The number of hydrazone groups is 1. The smallest absolute Gasteiger partial charge is 0.329 e. The number of nitrogens with one attached hydrogen (secondary N) is 2. The molecule has 7 heteroatoms. The second kappa shape index (κ2) is 7.63. The van der Waals surface area contributed by atoms with Crippen molar-refractivity contribution in [2.45, 2.75) is 6.54 Å². The van der Waals surface area contributed by atoms with E-state index in [0.29, 0.717) is 5.56 Å². The molecule has 22 heavy (non-hydrogen) atoms. The Kier molecular flexibility index (Phi) is 5.31. The van der Waals surface area contributed by atoms with Crippen LogP contribution < -0.4 is 10.7 Å². The Morgan fingerprint density at radius 2 is 1.95 bits per heavy atom. The average Bonchev–Trinajstić information content (AvgIpc) is 2.55. The van der Waals surface area contributed by atoms with Crippen LogP contribution in [0.3, 0.4) is 0 Å². The largest absolute Gasteiger partial charge is 0.344 e. The van der Waals surface area contributed by atoms with Crippen LogP contribution in [-0.4, -0.2) is 23.0 Å². The van der Waals surface area contributed by atoms with Crippen molar-refractivity contribution < 1.29 is 14.0 Å². The van der Waals surface area contributed by atoms with E-state index in [1.54, 1.807) is 24.5 Å². The first-order chi connectivity index (χ1) is 10.6. The molecule has 2 amide bonds. The summed E-state index contributed by atoms with van der Waals surface area (Å²) in [5.74, 6) is -2.06. The molecule has 2 rings (SSSR count). The van der Waals surface area contributed by atoms with Crippen LogP contribution in [-0.2, 0) is 16.1 Å². The molecule has 1 heterocycles. The van der Waals surface area contributed by atoms with Crippen LogP contribution in [0.5, 0.6) is 0 Å². The zero-order valence-corrected chi connectivity index (χ0v) is 11.5. The van der Waals surface area contributed by atoms with Crippen LogP contribution in [0.4, 0.5) is 4.39 Å². The minimum Gasteiger partial charge on any atom is -0.344 e.